The van der Waals surface area contributed by atoms with Gasteiger partial charge in [-0.1, -0.05) is 20.8 Å². The first-order valence-electron chi connectivity index (χ1n) is 8.50. The number of hydrogen-bond donors (Lipinski definition) is 2. The van der Waals surface area contributed by atoms with Gasteiger partial charge < -0.3 is 20.2 Å². The van der Waals surface area contributed by atoms with Crippen LogP contribution in [0.2, 0.25) is 13.1 Å². The van der Waals surface area contributed by atoms with Crippen LogP contribution in [0.3, 0.4) is 0 Å². The van der Waals surface area contributed by atoms with Crippen LogP contribution < -0.4 is 15.8 Å². The van der Waals surface area contributed by atoms with Crippen molar-refractivity contribution in [3.8, 4) is 5.75 Å². The molecule has 1 atom stereocenters. The number of anilines is 2. The van der Waals surface area contributed by atoms with E-state index in [9.17, 15) is 4.79 Å². The number of nitrogens with two attached hydrogens (primary N) is 1. The molecule has 1 unspecified atom stereocenters. The zero-order chi connectivity index (χ0) is 17.9. The van der Waals surface area contributed by atoms with Gasteiger partial charge in [0.1, 0.15) is 5.75 Å². The summed E-state index contributed by atoms with van der Waals surface area (Å²) in [4.78, 5) is 11.8. The minimum absolute atomic E-state index is 0.000782. The van der Waals surface area contributed by atoms with Crippen molar-refractivity contribution in [2.24, 2.45) is 5.41 Å². The first kappa shape index (κ1) is 18.8. The van der Waals surface area contributed by atoms with Gasteiger partial charge in [-0.2, -0.15) is 0 Å². The summed E-state index contributed by atoms with van der Waals surface area (Å²) < 4.78 is 12.2. The molecule has 1 radical (unpaired) electrons. The SMILES string of the molecule is C[Si](C)OC(CCC(C)(C)C)Oc1ccc(N)c2c1NC(=O)CC2. The summed E-state index contributed by atoms with van der Waals surface area (Å²) in [6.45, 7) is 10.8. The number of nitrogens with one attached hydrogen (secondary N) is 1. The molecule has 0 fully saturated rings. The molecule has 3 N–H and O–H groups in total. The van der Waals surface area contributed by atoms with Gasteiger partial charge in [0.2, 0.25) is 14.9 Å². The standard InChI is InChI=1S/C18H29N2O3Si/c1-18(2,3)11-10-16(23-24(4)5)22-14-8-7-13(19)12-6-9-15(21)20-17(12)14/h7-8,16H,6,9-11,19H2,1-5H3,(H,20,21). The Morgan fingerprint density at radius 3 is 2.62 bits per heavy atom. The van der Waals surface area contributed by atoms with Gasteiger partial charge in [-0.05, 0) is 43.5 Å². The third-order valence-corrected chi connectivity index (χ3v) is 4.67. The predicted octanol–water partition coefficient (Wildman–Crippen LogP) is 3.95. The molecule has 1 aromatic carbocycles. The van der Waals surface area contributed by atoms with Crippen molar-refractivity contribution < 1.29 is 14.0 Å². The van der Waals surface area contributed by atoms with Crippen molar-refractivity contribution >= 4 is 26.3 Å². The molecule has 0 saturated heterocycles. The van der Waals surface area contributed by atoms with E-state index >= 15 is 0 Å². The molecular formula is C18H29N2O3Si. The average molecular weight is 350 g/mol. The smallest absolute Gasteiger partial charge is 0.224 e. The predicted molar refractivity (Wildman–Crippen MR) is 99.5 cm³/mol. The number of ether oxygens (including phenoxy) is 1. The van der Waals surface area contributed by atoms with Crippen LogP contribution in [0.5, 0.6) is 5.75 Å². The maximum absolute atomic E-state index is 11.8. The summed E-state index contributed by atoms with van der Waals surface area (Å²) in [7, 11) is -0.896. The highest BCUT2D eigenvalue weighted by Gasteiger charge is 2.24. The van der Waals surface area contributed by atoms with Crippen LogP contribution in [0.1, 0.15) is 45.6 Å². The Kier molecular flexibility index (Phi) is 5.93. The van der Waals surface area contributed by atoms with Crippen LogP contribution in [-0.2, 0) is 15.6 Å². The van der Waals surface area contributed by atoms with E-state index < -0.39 is 9.04 Å². The molecular weight excluding hydrogens is 320 g/mol. The van der Waals surface area contributed by atoms with E-state index in [4.69, 9.17) is 14.9 Å². The highest BCUT2D eigenvalue weighted by Crippen LogP contribution is 2.37. The molecule has 0 aliphatic carbocycles. The van der Waals surface area contributed by atoms with Crippen LogP contribution >= 0.6 is 0 Å². The van der Waals surface area contributed by atoms with E-state index in [-0.39, 0.29) is 17.6 Å². The van der Waals surface area contributed by atoms with Crippen LogP contribution in [0.25, 0.3) is 0 Å². The van der Waals surface area contributed by atoms with Crippen molar-refractivity contribution in [3.05, 3.63) is 17.7 Å². The second-order valence-corrected chi connectivity index (χ2v) is 9.78. The Bertz CT molecular complexity index is 597. The number of amides is 1. The monoisotopic (exact) mass is 349 g/mol. The molecule has 1 amide bonds. The molecule has 6 heteroatoms. The van der Waals surface area contributed by atoms with Gasteiger partial charge in [0.25, 0.3) is 0 Å². The first-order chi connectivity index (χ1) is 11.2. The fourth-order valence-corrected chi connectivity index (χ4v) is 3.38. The number of hydrogen-bond acceptors (Lipinski definition) is 4. The number of nitrogen functional groups attached to an aromatic ring is 1. The molecule has 0 saturated carbocycles. The molecule has 1 heterocycles. The van der Waals surface area contributed by atoms with Gasteiger partial charge in [0.15, 0.2) is 6.29 Å². The summed E-state index contributed by atoms with van der Waals surface area (Å²) in [6.07, 6.45) is 2.61. The summed E-state index contributed by atoms with van der Waals surface area (Å²) in [5, 5.41) is 2.91. The van der Waals surface area contributed by atoms with Gasteiger partial charge >= 0.3 is 0 Å². The minimum Gasteiger partial charge on any atom is -0.464 e. The van der Waals surface area contributed by atoms with Gasteiger partial charge in [0, 0.05) is 24.1 Å². The van der Waals surface area contributed by atoms with Crippen molar-refractivity contribution in [1.29, 1.82) is 0 Å². The second-order valence-electron chi connectivity index (χ2n) is 7.73. The van der Waals surface area contributed by atoms with Crippen LogP contribution in [0.15, 0.2) is 12.1 Å². The summed E-state index contributed by atoms with van der Waals surface area (Å²) in [5.41, 5.74) is 8.62. The fourth-order valence-electron chi connectivity index (χ4n) is 2.68. The maximum Gasteiger partial charge on any atom is 0.224 e. The third-order valence-electron chi connectivity index (χ3n) is 3.93. The zero-order valence-corrected chi connectivity index (χ0v) is 16.4. The van der Waals surface area contributed by atoms with E-state index in [1.54, 1.807) is 0 Å². The van der Waals surface area contributed by atoms with Gasteiger partial charge in [-0.25, -0.2) is 0 Å². The Balaban J connectivity index is 2.20. The fraction of sp³-hybridized carbons (Fsp3) is 0.611. The number of carbonyl (C=O) groups excluding carboxylic acids is 1. The van der Waals surface area contributed by atoms with E-state index in [0.717, 1.165) is 18.4 Å². The largest absolute Gasteiger partial charge is 0.464 e. The molecule has 1 aliphatic heterocycles. The zero-order valence-electron chi connectivity index (χ0n) is 15.4. The maximum atomic E-state index is 11.8. The Morgan fingerprint density at radius 1 is 1.29 bits per heavy atom. The topological polar surface area (TPSA) is 73.6 Å². The lowest BCUT2D eigenvalue weighted by molar-refractivity contribution is -0.116. The summed E-state index contributed by atoms with van der Waals surface area (Å²) >= 11 is 0. The van der Waals surface area contributed by atoms with E-state index in [0.29, 0.717) is 30.0 Å². The molecule has 0 bridgehead atoms. The molecule has 0 spiro atoms. The number of benzene rings is 1. The van der Waals surface area contributed by atoms with Crippen molar-refractivity contribution in [2.45, 2.75) is 65.8 Å². The van der Waals surface area contributed by atoms with Crippen LogP contribution in [-0.4, -0.2) is 21.2 Å². The lowest BCUT2D eigenvalue weighted by Crippen LogP contribution is -2.29. The molecule has 133 valence electrons. The lowest BCUT2D eigenvalue weighted by atomic mass is 9.90. The molecule has 1 aromatic rings. The molecule has 24 heavy (non-hydrogen) atoms. The quantitative estimate of drug-likeness (QED) is 0.463. The molecule has 2 rings (SSSR count). The Morgan fingerprint density at radius 2 is 2.00 bits per heavy atom. The van der Waals surface area contributed by atoms with E-state index in [2.05, 4.69) is 39.2 Å². The van der Waals surface area contributed by atoms with Gasteiger partial charge in [0.05, 0.1) is 5.69 Å². The minimum atomic E-state index is -0.896. The average Bonchev–Trinajstić information content (AvgIpc) is 2.46. The van der Waals surface area contributed by atoms with Gasteiger partial charge in [-0.15, -0.1) is 0 Å². The molecule has 0 aromatic heterocycles. The Labute approximate surface area is 146 Å². The van der Waals surface area contributed by atoms with Crippen molar-refractivity contribution in [2.75, 3.05) is 11.1 Å². The highest BCUT2D eigenvalue weighted by molar-refractivity contribution is 6.48. The lowest BCUT2D eigenvalue weighted by Gasteiger charge is -2.28. The van der Waals surface area contributed by atoms with Gasteiger partial charge in [-0.3, -0.25) is 4.79 Å². The summed E-state index contributed by atoms with van der Waals surface area (Å²) in [5.74, 6) is 0.648. The summed E-state index contributed by atoms with van der Waals surface area (Å²) in [6, 6.07) is 3.67. The van der Waals surface area contributed by atoms with Crippen molar-refractivity contribution in [1.82, 2.24) is 0 Å². The van der Waals surface area contributed by atoms with Crippen LogP contribution in [0, 0.1) is 5.41 Å². The Hall–Kier alpha value is -1.53. The third kappa shape index (κ3) is 5.24. The second kappa shape index (κ2) is 7.57. The highest BCUT2D eigenvalue weighted by atomic mass is 28.3. The number of fused-ring (bicyclic) bond motifs is 1. The molecule has 5 nitrogen and oxygen atoms in total. The van der Waals surface area contributed by atoms with E-state index in [1.165, 1.54) is 0 Å². The van der Waals surface area contributed by atoms with E-state index in [1.807, 2.05) is 12.1 Å². The number of carbonyl (C=O) groups is 1. The van der Waals surface area contributed by atoms with Crippen LogP contribution in [0.4, 0.5) is 11.4 Å². The van der Waals surface area contributed by atoms with Crippen molar-refractivity contribution in [3.63, 3.8) is 0 Å². The normalized spacial score (nSPS) is 15.8. The number of rotatable bonds is 6. The molecule has 1 aliphatic rings. The first-order valence-corrected chi connectivity index (χ1v) is 10.9.